The Bertz CT molecular complexity index is 1900. The van der Waals surface area contributed by atoms with Gasteiger partial charge in [-0.15, -0.1) is 0 Å². The van der Waals surface area contributed by atoms with Crippen molar-refractivity contribution in [2.24, 2.45) is 0 Å². The van der Waals surface area contributed by atoms with Gasteiger partial charge in [0.15, 0.2) is 41.7 Å². The van der Waals surface area contributed by atoms with Crippen molar-refractivity contribution in [2.75, 3.05) is 13.7 Å². The number of benzene rings is 2. The highest BCUT2D eigenvalue weighted by molar-refractivity contribution is 5.86. The first-order valence-corrected chi connectivity index (χ1v) is 16.8. The van der Waals surface area contributed by atoms with Crippen molar-refractivity contribution in [3.8, 4) is 34.3 Å². The van der Waals surface area contributed by atoms with E-state index in [0.717, 1.165) is 18.2 Å². The number of aromatic hydroxyl groups is 2. The molecule has 4 heterocycles. The van der Waals surface area contributed by atoms with Gasteiger partial charge in [0.25, 0.3) is 0 Å². The second-order valence-electron chi connectivity index (χ2n) is 13.2. The molecule has 21 heteroatoms. The van der Waals surface area contributed by atoms with Crippen molar-refractivity contribution < 1.29 is 98.5 Å². The van der Waals surface area contributed by atoms with Gasteiger partial charge in [0, 0.05) is 23.8 Å². The number of fused-ring (bicyclic) bond motifs is 1. The van der Waals surface area contributed by atoms with Crippen molar-refractivity contribution in [1.82, 2.24) is 0 Å². The number of methoxy groups -OCH3 is 1. The molecule has 0 bridgehead atoms. The Morgan fingerprint density at radius 3 is 2.11 bits per heavy atom. The Labute approximate surface area is 309 Å². The average molecular weight is 785 g/mol. The van der Waals surface area contributed by atoms with Gasteiger partial charge in [-0.05, 0) is 25.1 Å². The van der Waals surface area contributed by atoms with Crippen LogP contribution >= 0.6 is 0 Å². The van der Waals surface area contributed by atoms with Crippen molar-refractivity contribution in [2.45, 2.75) is 99.0 Å². The fourth-order valence-electron chi connectivity index (χ4n) is 6.37. The summed E-state index contributed by atoms with van der Waals surface area (Å²) in [5.41, 5.74) is -0.696. The zero-order valence-corrected chi connectivity index (χ0v) is 28.8. The summed E-state index contributed by atoms with van der Waals surface area (Å²) in [6.45, 7) is 0.724. The van der Waals surface area contributed by atoms with Crippen molar-refractivity contribution in [3.05, 3.63) is 46.6 Å². The molecule has 3 aromatic rings. The van der Waals surface area contributed by atoms with Crippen LogP contribution in [-0.4, -0.2) is 168 Å². The molecule has 11 N–H and O–H groups in total. The first kappa shape index (κ1) is 40.5. The highest BCUT2D eigenvalue weighted by atomic mass is 16.8. The lowest BCUT2D eigenvalue weighted by molar-refractivity contribution is -0.359. The number of rotatable bonds is 10. The number of hydrogen-bond acceptors (Lipinski definition) is 20. The van der Waals surface area contributed by atoms with E-state index in [4.69, 9.17) is 37.6 Å². The minimum Gasteiger partial charge on any atom is -0.507 e. The molecule has 0 saturated carbocycles. The van der Waals surface area contributed by atoms with Crippen molar-refractivity contribution >= 4 is 16.9 Å². The summed E-state index contributed by atoms with van der Waals surface area (Å²) >= 11 is 0. The standard InChI is InChI=1S/C34H40O21/c1-10-21(38)23(40)27(44)32(50-10)49-9-19-22(39)25(42)30(55-33-28(45)24(41)26(43)29(54-33)31(46)47)34(53-19)51-12-6-14(36)20-15(37)8-17(52-18(20)7-12)11-3-4-16(48-2)13(35)5-11/h3-8,10,19,21-30,32-36,38-45H,9H2,1-2H3,(H,46,47)/t10-,19+,21-,22+,23+,24-,25-,26-,27+,28+,29-,30+,32+,33-,34+/m0/s1. The number of phenolic OH excluding ortho intramolecular Hbond substituents is 2. The lowest BCUT2D eigenvalue weighted by Crippen LogP contribution is -2.66. The Morgan fingerprint density at radius 1 is 0.745 bits per heavy atom. The molecule has 0 aliphatic carbocycles. The Hall–Kier alpha value is -4.20. The predicted octanol–water partition coefficient (Wildman–Crippen LogP) is -3.17. The third kappa shape index (κ3) is 7.93. The molecule has 0 radical (unpaired) electrons. The summed E-state index contributed by atoms with van der Waals surface area (Å²) in [5, 5.41) is 114. The van der Waals surface area contributed by atoms with Crippen molar-refractivity contribution in [1.29, 1.82) is 0 Å². The second kappa shape index (κ2) is 16.1. The number of carboxylic acid groups (broad SMARTS) is 1. The van der Waals surface area contributed by atoms with Crippen LogP contribution in [0, 0.1) is 0 Å². The van der Waals surface area contributed by atoms with E-state index in [1.54, 1.807) is 0 Å². The number of phenols is 2. The predicted molar refractivity (Wildman–Crippen MR) is 177 cm³/mol. The van der Waals surface area contributed by atoms with Gasteiger partial charge in [-0.1, -0.05) is 0 Å². The molecule has 1 aromatic heterocycles. The van der Waals surface area contributed by atoms with E-state index in [2.05, 4.69) is 0 Å². The van der Waals surface area contributed by atoms with Gasteiger partial charge in [-0.25, -0.2) is 4.79 Å². The monoisotopic (exact) mass is 784 g/mol. The number of carboxylic acids is 1. The van der Waals surface area contributed by atoms with Crippen LogP contribution in [0.25, 0.3) is 22.3 Å². The average Bonchev–Trinajstić information content (AvgIpc) is 3.14. The van der Waals surface area contributed by atoms with E-state index in [0.29, 0.717) is 0 Å². The molecule has 0 spiro atoms. The Balaban J connectivity index is 1.32. The molecule has 55 heavy (non-hydrogen) atoms. The van der Waals surface area contributed by atoms with Crippen molar-refractivity contribution in [3.63, 3.8) is 0 Å². The number of aliphatic carboxylic acids is 1. The maximum absolute atomic E-state index is 13.1. The van der Waals surface area contributed by atoms with E-state index < -0.39 is 116 Å². The minimum absolute atomic E-state index is 0.0471. The molecule has 2 aromatic carbocycles. The van der Waals surface area contributed by atoms with Crippen LogP contribution < -0.4 is 14.9 Å². The third-order valence-corrected chi connectivity index (χ3v) is 9.48. The van der Waals surface area contributed by atoms with E-state index in [9.17, 15) is 65.8 Å². The summed E-state index contributed by atoms with van der Waals surface area (Å²) in [5.74, 6) is -2.87. The van der Waals surface area contributed by atoms with Gasteiger partial charge >= 0.3 is 5.97 Å². The number of carbonyl (C=O) groups is 1. The second-order valence-corrected chi connectivity index (χ2v) is 13.2. The SMILES string of the molecule is COc1ccc(-c2cc(=O)c3c(O)cc(O[C@@H]4O[C@H](CO[C@@H]5O[C@@H](C)[C@H](O)[C@@H](O)[C@H]5O)[C@@H](O)[C@H](O)[C@H]4O[C@@H]4O[C@H](C(=O)O)[C@@H](O)[C@H](O)[C@H]4O)cc3o2)cc1O. The zero-order chi connectivity index (χ0) is 40.0. The van der Waals surface area contributed by atoms with Gasteiger partial charge in [-0.3, -0.25) is 4.79 Å². The molecule has 6 rings (SSSR count). The molecular weight excluding hydrogens is 744 g/mol. The molecule has 15 atom stereocenters. The van der Waals surface area contributed by atoms with Gasteiger partial charge in [0.1, 0.15) is 83.2 Å². The van der Waals surface area contributed by atoms with Crippen LogP contribution in [0.1, 0.15) is 6.92 Å². The fourth-order valence-corrected chi connectivity index (χ4v) is 6.37. The number of hydrogen-bond donors (Lipinski definition) is 11. The third-order valence-electron chi connectivity index (χ3n) is 9.48. The molecule has 3 fully saturated rings. The topological polar surface area (TPSA) is 334 Å². The lowest BCUT2D eigenvalue weighted by atomic mass is 9.97. The molecule has 302 valence electrons. The smallest absolute Gasteiger partial charge is 0.335 e. The highest BCUT2D eigenvalue weighted by Crippen LogP contribution is 2.37. The first-order chi connectivity index (χ1) is 26.0. The molecule has 3 saturated heterocycles. The van der Waals surface area contributed by atoms with Crippen LogP contribution in [0.3, 0.4) is 0 Å². The van der Waals surface area contributed by atoms with E-state index in [1.807, 2.05) is 0 Å². The van der Waals surface area contributed by atoms with Crippen LogP contribution in [0.15, 0.2) is 45.6 Å². The molecule has 21 nitrogen and oxygen atoms in total. The summed E-state index contributed by atoms with van der Waals surface area (Å²) < 4.78 is 44.5. The summed E-state index contributed by atoms with van der Waals surface area (Å²) in [7, 11) is 1.34. The quantitative estimate of drug-likeness (QED) is 0.0965. The first-order valence-electron chi connectivity index (χ1n) is 16.8. The maximum Gasteiger partial charge on any atom is 0.335 e. The Morgan fingerprint density at radius 2 is 1.44 bits per heavy atom. The fraction of sp³-hybridized carbons (Fsp3) is 0.529. The van der Waals surface area contributed by atoms with Crippen LogP contribution in [-0.2, 0) is 28.5 Å². The van der Waals surface area contributed by atoms with Crippen LogP contribution in [0.4, 0.5) is 0 Å². The molecule has 3 aliphatic heterocycles. The maximum atomic E-state index is 13.1. The minimum atomic E-state index is -2.12. The van der Waals surface area contributed by atoms with E-state index in [1.165, 1.54) is 32.2 Å². The molecular formula is C34H40O21. The number of ether oxygens (including phenoxy) is 7. The number of aliphatic hydroxyl groups is 8. The van der Waals surface area contributed by atoms with Gasteiger partial charge in [0.2, 0.25) is 6.29 Å². The summed E-state index contributed by atoms with van der Waals surface area (Å²) in [6.07, 6.45) is -27.3. The number of aliphatic hydroxyl groups excluding tert-OH is 8. The molecule has 0 amide bonds. The van der Waals surface area contributed by atoms with Gasteiger partial charge in [-0.2, -0.15) is 0 Å². The van der Waals surface area contributed by atoms with E-state index in [-0.39, 0.29) is 39.5 Å². The Kier molecular flexibility index (Phi) is 11.9. The largest absolute Gasteiger partial charge is 0.507 e. The van der Waals surface area contributed by atoms with Crippen LogP contribution in [0.2, 0.25) is 0 Å². The van der Waals surface area contributed by atoms with Gasteiger partial charge in [0.05, 0.1) is 19.8 Å². The zero-order valence-electron chi connectivity index (χ0n) is 28.8. The van der Waals surface area contributed by atoms with Crippen LogP contribution in [0.5, 0.6) is 23.0 Å². The normalized spacial score (nSPS) is 36.7. The van der Waals surface area contributed by atoms with E-state index >= 15 is 0 Å². The molecule has 3 aliphatic rings. The summed E-state index contributed by atoms with van der Waals surface area (Å²) in [6, 6.07) is 7.35. The summed E-state index contributed by atoms with van der Waals surface area (Å²) in [4.78, 5) is 24.8. The van der Waals surface area contributed by atoms with Gasteiger partial charge < -0.3 is 93.7 Å². The molecule has 0 unspecified atom stereocenters. The highest BCUT2D eigenvalue weighted by Gasteiger charge is 2.53. The lowest BCUT2D eigenvalue weighted by Gasteiger charge is -2.46.